The zero-order valence-corrected chi connectivity index (χ0v) is 11.4. The Kier molecular flexibility index (Phi) is 7.33. The lowest BCUT2D eigenvalue weighted by Crippen LogP contribution is -2.26. The van der Waals surface area contributed by atoms with Gasteiger partial charge in [-0.15, -0.1) is 0 Å². The van der Waals surface area contributed by atoms with Crippen LogP contribution in [0.2, 0.25) is 0 Å². The van der Waals surface area contributed by atoms with Crippen molar-refractivity contribution in [3.8, 4) is 11.8 Å². The summed E-state index contributed by atoms with van der Waals surface area (Å²) in [6.45, 7) is 3.24. The van der Waals surface area contributed by atoms with E-state index in [1.54, 1.807) is 0 Å². The minimum Gasteiger partial charge on any atom is -0.384 e. The van der Waals surface area contributed by atoms with Crippen molar-refractivity contribution < 1.29 is 19.0 Å². The molecule has 20 heavy (non-hydrogen) atoms. The highest BCUT2D eigenvalue weighted by atomic mass is 19.1. The Morgan fingerprint density at radius 3 is 3.00 bits per heavy atom. The third-order valence-electron chi connectivity index (χ3n) is 2.48. The van der Waals surface area contributed by atoms with E-state index >= 15 is 0 Å². The molecule has 0 aliphatic rings. The first-order valence-corrected chi connectivity index (χ1v) is 6.44. The molecule has 0 fully saturated rings. The number of hydrogen-bond donors (Lipinski definition) is 2. The number of aliphatic hydroxyl groups excluding tert-OH is 1. The van der Waals surface area contributed by atoms with Crippen LogP contribution < -0.4 is 5.32 Å². The number of hydrogen-bond acceptors (Lipinski definition) is 3. The van der Waals surface area contributed by atoms with Crippen molar-refractivity contribution in [1.82, 2.24) is 5.32 Å². The monoisotopic (exact) mass is 279 g/mol. The molecule has 1 amide bonds. The van der Waals surface area contributed by atoms with E-state index in [2.05, 4.69) is 17.2 Å². The van der Waals surface area contributed by atoms with Gasteiger partial charge in [0.2, 0.25) is 0 Å². The molecule has 1 aromatic rings. The van der Waals surface area contributed by atoms with Crippen molar-refractivity contribution in [2.75, 3.05) is 26.4 Å². The molecule has 108 valence electrons. The number of carbonyl (C=O) groups excluding carboxylic acids is 1. The van der Waals surface area contributed by atoms with Gasteiger partial charge in [0.15, 0.2) is 0 Å². The van der Waals surface area contributed by atoms with Crippen LogP contribution in [0.3, 0.4) is 0 Å². The van der Waals surface area contributed by atoms with Crippen molar-refractivity contribution in [3.05, 3.63) is 35.1 Å². The van der Waals surface area contributed by atoms with Gasteiger partial charge in [-0.05, 0) is 31.5 Å². The largest absolute Gasteiger partial charge is 0.384 e. The molecule has 1 aromatic carbocycles. The predicted molar refractivity (Wildman–Crippen MR) is 73.8 cm³/mol. The van der Waals surface area contributed by atoms with Gasteiger partial charge in [-0.25, -0.2) is 4.39 Å². The van der Waals surface area contributed by atoms with Crippen LogP contribution in [0.4, 0.5) is 4.39 Å². The van der Waals surface area contributed by atoms with E-state index in [1.807, 2.05) is 6.92 Å². The summed E-state index contributed by atoms with van der Waals surface area (Å²) in [5, 5.41) is 11.4. The van der Waals surface area contributed by atoms with E-state index in [9.17, 15) is 9.18 Å². The minimum absolute atomic E-state index is 0.169. The van der Waals surface area contributed by atoms with Gasteiger partial charge in [0.25, 0.3) is 5.91 Å². The molecule has 0 radical (unpaired) electrons. The summed E-state index contributed by atoms with van der Waals surface area (Å²) < 4.78 is 18.4. The van der Waals surface area contributed by atoms with Gasteiger partial charge < -0.3 is 15.2 Å². The van der Waals surface area contributed by atoms with Crippen molar-refractivity contribution in [3.63, 3.8) is 0 Å². The fourth-order valence-corrected chi connectivity index (χ4v) is 1.56. The van der Waals surface area contributed by atoms with Crippen molar-refractivity contribution in [2.24, 2.45) is 0 Å². The zero-order valence-electron chi connectivity index (χ0n) is 11.4. The first-order chi connectivity index (χ1) is 9.69. The molecule has 1 rings (SSSR count). The molecule has 0 bridgehead atoms. The van der Waals surface area contributed by atoms with Gasteiger partial charge in [-0.3, -0.25) is 4.79 Å². The molecule has 0 saturated heterocycles. The van der Waals surface area contributed by atoms with Crippen LogP contribution >= 0.6 is 0 Å². The number of ether oxygens (including phenoxy) is 1. The highest BCUT2D eigenvalue weighted by Crippen LogP contribution is 2.10. The summed E-state index contributed by atoms with van der Waals surface area (Å²) in [6, 6.07) is 3.79. The van der Waals surface area contributed by atoms with Gasteiger partial charge in [0.05, 0.1) is 5.56 Å². The zero-order chi connectivity index (χ0) is 14.8. The van der Waals surface area contributed by atoms with Gasteiger partial charge >= 0.3 is 0 Å². The second-order valence-electron chi connectivity index (χ2n) is 3.96. The maximum absolute atomic E-state index is 13.2. The Labute approximate surface area is 117 Å². The van der Waals surface area contributed by atoms with Crippen LogP contribution in [-0.2, 0) is 4.74 Å². The maximum Gasteiger partial charge on any atom is 0.252 e. The van der Waals surface area contributed by atoms with Crippen LogP contribution in [0.5, 0.6) is 0 Å². The molecule has 0 unspecified atom stereocenters. The molecule has 0 aliphatic heterocycles. The average Bonchev–Trinajstić information content (AvgIpc) is 2.45. The predicted octanol–water partition coefficient (Wildman–Crippen LogP) is 1.33. The van der Waals surface area contributed by atoms with E-state index in [0.717, 1.165) is 6.07 Å². The molecular weight excluding hydrogens is 261 g/mol. The van der Waals surface area contributed by atoms with Crippen LogP contribution in [0.25, 0.3) is 0 Å². The molecule has 0 atom stereocenters. The third kappa shape index (κ3) is 5.39. The Bertz CT molecular complexity index is 506. The van der Waals surface area contributed by atoms with Gasteiger partial charge in [0, 0.05) is 25.3 Å². The lowest BCUT2D eigenvalue weighted by molar-refractivity contribution is 0.0943. The number of benzene rings is 1. The van der Waals surface area contributed by atoms with E-state index in [-0.39, 0.29) is 18.1 Å². The van der Waals surface area contributed by atoms with Crippen LogP contribution in [0.1, 0.15) is 29.3 Å². The molecule has 0 aromatic heterocycles. The summed E-state index contributed by atoms with van der Waals surface area (Å²) in [7, 11) is 0. The fraction of sp³-hybridized carbons (Fsp3) is 0.400. The average molecular weight is 279 g/mol. The van der Waals surface area contributed by atoms with E-state index in [1.165, 1.54) is 12.1 Å². The summed E-state index contributed by atoms with van der Waals surface area (Å²) in [5.41, 5.74) is 0.560. The lowest BCUT2D eigenvalue weighted by atomic mass is 10.1. The van der Waals surface area contributed by atoms with Crippen LogP contribution in [0.15, 0.2) is 18.2 Å². The Morgan fingerprint density at radius 1 is 1.50 bits per heavy atom. The third-order valence-corrected chi connectivity index (χ3v) is 2.48. The van der Waals surface area contributed by atoms with Gasteiger partial charge in [0.1, 0.15) is 12.4 Å². The first kappa shape index (κ1) is 16.2. The fourth-order valence-electron chi connectivity index (χ4n) is 1.56. The van der Waals surface area contributed by atoms with Crippen molar-refractivity contribution in [2.45, 2.75) is 13.3 Å². The molecule has 5 heteroatoms. The minimum atomic E-state index is -0.501. The lowest BCUT2D eigenvalue weighted by Gasteiger charge is -2.07. The summed E-state index contributed by atoms with van der Waals surface area (Å²) >= 11 is 0. The molecule has 2 N–H and O–H groups in total. The van der Waals surface area contributed by atoms with Gasteiger partial charge in [-0.1, -0.05) is 11.8 Å². The number of nitrogens with one attached hydrogen (secondary N) is 1. The molecule has 0 spiro atoms. The quantitative estimate of drug-likeness (QED) is 0.610. The number of amides is 1. The second-order valence-corrected chi connectivity index (χ2v) is 3.96. The van der Waals surface area contributed by atoms with Crippen molar-refractivity contribution in [1.29, 1.82) is 0 Å². The number of aliphatic hydroxyl groups is 1. The van der Waals surface area contributed by atoms with Gasteiger partial charge in [-0.2, -0.15) is 0 Å². The summed E-state index contributed by atoms with van der Waals surface area (Å²) in [6.07, 6.45) is 0.687. The summed E-state index contributed by atoms with van der Waals surface area (Å²) in [4.78, 5) is 12.0. The molecule has 0 saturated carbocycles. The highest BCUT2D eigenvalue weighted by molar-refractivity contribution is 5.96. The maximum atomic E-state index is 13.2. The molecule has 4 nitrogen and oxygen atoms in total. The normalized spacial score (nSPS) is 9.75. The first-order valence-electron chi connectivity index (χ1n) is 6.44. The standard InChI is InChI=1S/C15H18FNO3/c1-2-20-10-4-8-17-15(19)14-11-13(16)7-6-12(14)5-3-9-18/h6-7,11,18H,2,4,8-10H2,1H3,(H,17,19). The number of rotatable bonds is 6. The van der Waals surface area contributed by atoms with E-state index in [0.29, 0.717) is 31.7 Å². The Balaban J connectivity index is 2.68. The SMILES string of the molecule is CCOCCCNC(=O)c1cc(F)ccc1C#CCO. The Hall–Kier alpha value is -1.90. The van der Waals surface area contributed by atoms with Crippen LogP contribution in [0, 0.1) is 17.7 Å². The highest BCUT2D eigenvalue weighted by Gasteiger charge is 2.11. The number of halogens is 1. The summed E-state index contributed by atoms with van der Waals surface area (Å²) in [5.74, 6) is 4.19. The van der Waals surface area contributed by atoms with E-state index in [4.69, 9.17) is 9.84 Å². The topological polar surface area (TPSA) is 58.6 Å². The molecule has 0 heterocycles. The molecular formula is C15H18FNO3. The number of carbonyl (C=O) groups is 1. The van der Waals surface area contributed by atoms with Crippen LogP contribution in [-0.4, -0.2) is 37.4 Å². The van der Waals surface area contributed by atoms with Crippen molar-refractivity contribution >= 4 is 5.91 Å². The smallest absolute Gasteiger partial charge is 0.252 e. The molecule has 0 aliphatic carbocycles. The Morgan fingerprint density at radius 2 is 2.30 bits per heavy atom. The van der Waals surface area contributed by atoms with E-state index < -0.39 is 5.82 Å². The second kappa shape index (κ2) is 9.08.